The van der Waals surface area contributed by atoms with Gasteiger partial charge in [-0.1, -0.05) is 6.42 Å². The monoisotopic (exact) mass is 636 g/mol. The van der Waals surface area contributed by atoms with E-state index >= 15 is 0 Å². The summed E-state index contributed by atoms with van der Waals surface area (Å²) in [7, 11) is 1.78. The van der Waals surface area contributed by atoms with Gasteiger partial charge in [0.1, 0.15) is 0 Å². The van der Waals surface area contributed by atoms with E-state index in [4.69, 9.17) is 9.94 Å². The van der Waals surface area contributed by atoms with Crippen LogP contribution < -0.4 is 4.90 Å². The first-order valence-corrected chi connectivity index (χ1v) is 16.6. The van der Waals surface area contributed by atoms with E-state index in [1.807, 2.05) is 11.0 Å². The van der Waals surface area contributed by atoms with E-state index in [9.17, 15) is 18.4 Å². The van der Waals surface area contributed by atoms with Gasteiger partial charge in [0.2, 0.25) is 5.91 Å². The van der Waals surface area contributed by atoms with Crippen molar-refractivity contribution in [3.63, 3.8) is 0 Å². The first kappa shape index (κ1) is 30.6. The molecule has 2 amide bonds. The molecule has 0 bridgehead atoms. The van der Waals surface area contributed by atoms with Gasteiger partial charge in [0, 0.05) is 93.9 Å². The van der Waals surface area contributed by atoms with Crippen molar-refractivity contribution in [2.45, 2.75) is 77.3 Å². The Bertz CT molecular complexity index is 1610. The number of likely N-dealkylation sites (tertiary alicyclic amines) is 1. The van der Waals surface area contributed by atoms with E-state index in [2.05, 4.69) is 14.7 Å². The lowest BCUT2D eigenvalue weighted by atomic mass is 9.92. The molecule has 0 radical (unpaired) electrons. The third kappa shape index (κ3) is 5.85. The van der Waals surface area contributed by atoms with Crippen molar-refractivity contribution in [2.75, 3.05) is 44.2 Å². The SMILES string of the molecule is CC(=O)N1CCc2c(c(N3CCCc4cc(-c5cnn(C)c5)c(C(F)F)cc43)nn2C2CCN(C(=O)ON3CCCCC3)CC2)C1. The number of aromatic nitrogens is 4. The van der Waals surface area contributed by atoms with Crippen LogP contribution in [-0.4, -0.2) is 85.7 Å². The molecule has 2 fully saturated rings. The molecule has 246 valence electrons. The number of benzene rings is 1. The summed E-state index contributed by atoms with van der Waals surface area (Å²) in [6.07, 6.45) is 7.47. The van der Waals surface area contributed by atoms with Gasteiger partial charge in [0.05, 0.1) is 18.8 Å². The van der Waals surface area contributed by atoms with Crippen molar-refractivity contribution in [3.8, 4) is 11.1 Å². The van der Waals surface area contributed by atoms with Crippen molar-refractivity contribution in [1.29, 1.82) is 0 Å². The Morgan fingerprint density at radius 2 is 1.74 bits per heavy atom. The molecule has 0 atom stereocenters. The number of amides is 2. The standard InChI is InChI=1S/C33H42F2N8O3/c1-22(44)40-16-10-29-28(21-40)32(37-43(29)25-8-14-39(15-9-25)33(45)46-41-11-4-3-5-12-41)42-13-6-7-23-17-26(24-19-36-38(2)20-24)27(31(34)35)18-30(23)42/h17-20,25,31H,3-16,21H2,1-2H3. The Morgan fingerprint density at radius 1 is 0.957 bits per heavy atom. The van der Waals surface area contributed by atoms with E-state index in [1.54, 1.807) is 47.1 Å². The van der Waals surface area contributed by atoms with Crippen LogP contribution in [0.3, 0.4) is 0 Å². The zero-order valence-electron chi connectivity index (χ0n) is 26.6. The Labute approximate surface area is 267 Å². The fourth-order valence-corrected chi connectivity index (χ4v) is 7.49. The van der Waals surface area contributed by atoms with Gasteiger partial charge >= 0.3 is 6.09 Å². The number of halogens is 2. The molecule has 0 saturated carbocycles. The average molecular weight is 637 g/mol. The maximum atomic E-state index is 14.6. The fraction of sp³-hybridized carbons (Fsp3) is 0.576. The second-order valence-corrected chi connectivity index (χ2v) is 13.0. The van der Waals surface area contributed by atoms with Crippen LogP contribution in [0.1, 0.15) is 80.3 Å². The number of nitrogens with zero attached hydrogens (tertiary/aromatic N) is 8. The molecule has 0 aliphatic carbocycles. The minimum absolute atomic E-state index is 0.00465. The Balaban J connectivity index is 1.19. The maximum absolute atomic E-state index is 14.6. The molecule has 3 aromatic rings. The number of anilines is 2. The minimum Gasteiger partial charge on any atom is -0.351 e. The number of piperidine rings is 2. The van der Waals surface area contributed by atoms with Crippen LogP contribution in [0.5, 0.6) is 0 Å². The second kappa shape index (κ2) is 12.7. The first-order chi connectivity index (χ1) is 22.3. The van der Waals surface area contributed by atoms with Crippen molar-refractivity contribution in [3.05, 3.63) is 46.9 Å². The topological polar surface area (TPSA) is 92.0 Å². The molecular formula is C33H42F2N8O3. The van der Waals surface area contributed by atoms with Crippen LogP contribution in [0.2, 0.25) is 0 Å². The van der Waals surface area contributed by atoms with Crippen LogP contribution >= 0.6 is 0 Å². The predicted octanol–water partition coefficient (Wildman–Crippen LogP) is 5.38. The summed E-state index contributed by atoms with van der Waals surface area (Å²) in [4.78, 5) is 36.8. The highest BCUT2D eigenvalue weighted by Crippen LogP contribution is 2.43. The van der Waals surface area contributed by atoms with Gasteiger partial charge in [-0.3, -0.25) is 14.2 Å². The fourth-order valence-electron chi connectivity index (χ4n) is 7.49. The molecule has 4 aliphatic rings. The highest BCUT2D eigenvalue weighted by atomic mass is 19.3. The Hall–Kier alpha value is -4.00. The van der Waals surface area contributed by atoms with E-state index in [-0.39, 0.29) is 23.6 Å². The highest BCUT2D eigenvalue weighted by Gasteiger charge is 2.35. The summed E-state index contributed by atoms with van der Waals surface area (Å²) in [5.41, 5.74) is 4.97. The predicted molar refractivity (Wildman–Crippen MR) is 168 cm³/mol. The normalized spacial score (nSPS) is 19.4. The number of hydroxylamine groups is 2. The highest BCUT2D eigenvalue weighted by molar-refractivity contribution is 5.78. The number of alkyl halides is 2. The number of carbonyl (C=O) groups excluding carboxylic acids is 2. The molecule has 7 rings (SSSR count). The number of fused-ring (bicyclic) bond motifs is 2. The Kier molecular flexibility index (Phi) is 8.43. The van der Waals surface area contributed by atoms with Crippen molar-refractivity contribution in [2.24, 2.45) is 7.05 Å². The largest absolute Gasteiger partial charge is 0.428 e. The van der Waals surface area contributed by atoms with E-state index < -0.39 is 6.43 Å². The third-order valence-corrected chi connectivity index (χ3v) is 9.98. The lowest BCUT2D eigenvalue weighted by molar-refractivity contribution is -0.129. The molecule has 11 nitrogen and oxygen atoms in total. The number of aryl methyl sites for hydroxylation is 2. The molecule has 46 heavy (non-hydrogen) atoms. The van der Waals surface area contributed by atoms with Crippen LogP contribution in [0, 0.1) is 0 Å². The van der Waals surface area contributed by atoms with Crippen molar-refractivity contribution in [1.82, 2.24) is 34.4 Å². The molecule has 2 aromatic heterocycles. The van der Waals surface area contributed by atoms with Gasteiger partial charge in [-0.2, -0.15) is 10.2 Å². The molecule has 13 heteroatoms. The van der Waals surface area contributed by atoms with Crippen molar-refractivity contribution >= 4 is 23.5 Å². The maximum Gasteiger partial charge on any atom is 0.428 e. The number of carbonyl (C=O) groups is 2. The average Bonchev–Trinajstić information content (AvgIpc) is 3.67. The molecule has 0 spiro atoms. The summed E-state index contributed by atoms with van der Waals surface area (Å²) in [6, 6.07) is 3.61. The lowest BCUT2D eigenvalue weighted by Gasteiger charge is -2.34. The third-order valence-electron chi connectivity index (χ3n) is 9.98. The van der Waals surface area contributed by atoms with Gasteiger partial charge in [0.25, 0.3) is 6.43 Å². The molecular weight excluding hydrogens is 594 g/mol. The van der Waals surface area contributed by atoms with E-state index in [0.717, 1.165) is 79.9 Å². The van der Waals surface area contributed by atoms with Gasteiger partial charge in [-0.25, -0.2) is 13.6 Å². The van der Waals surface area contributed by atoms with E-state index in [0.29, 0.717) is 50.3 Å². The summed E-state index contributed by atoms with van der Waals surface area (Å²) in [6.45, 7) is 5.98. The smallest absolute Gasteiger partial charge is 0.351 e. The van der Waals surface area contributed by atoms with E-state index in [1.165, 1.54) is 6.42 Å². The molecule has 0 N–H and O–H groups in total. The zero-order chi connectivity index (χ0) is 31.9. The number of rotatable bonds is 5. The lowest BCUT2D eigenvalue weighted by Crippen LogP contribution is -2.43. The van der Waals surface area contributed by atoms with Gasteiger partial charge in [-0.05, 0) is 61.8 Å². The molecule has 2 saturated heterocycles. The summed E-state index contributed by atoms with van der Waals surface area (Å²) in [5, 5.41) is 11.2. The Morgan fingerprint density at radius 3 is 2.43 bits per heavy atom. The molecule has 6 heterocycles. The van der Waals surface area contributed by atoms with Gasteiger partial charge in [0.15, 0.2) is 5.82 Å². The van der Waals surface area contributed by atoms with Crippen LogP contribution in [-0.2, 0) is 36.1 Å². The summed E-state index contributed by atoms with van der Waals surface area (Å²) in [5.74, 6) is 0.744. The zero-order valence-corrected chi connectivity index (χ0v) is 26.6. The number of hydrogen-bond donors (Lipinski definition) is 0. The second-order valence-electron chi connectivity index (χ2n) is 13.0. The van der Waals surface area contributed by atoms with Crippen LogP contribution in [0.25, 0.3) is 11.1 Å². The molecule has 4 aliphatic heterocycles. The molecule has 1 aromatic carbocycles. The van der Waals surface area contributed by atoms with Gasteiger partial charge in [-0.15, -0.1) is 5.06 Å². The number of hydrogen-bond acceptors (Lipinski definition) is 7. The van der Waals surface area contributed by atoms with Crippen LogP contribution in [0.4, 0.5) is 25.1 Å². The summed E-state index contributed by atoms with van der Waals surface area (Å²) >= 11 is 0. The first-order valence-electron chi connectivity index (χ1n) is 16.6. The van der Waals surface area contributed by atoms with Crippen LogP contribution in [0.15, 0.2) is 24.5 Å². The quantitative estimate of drug-likeness (QED) is 0.371. The van der Waals surface area contributed by atoms with Crippen molar-refractivity contribution < 1.29 is 23.2 Å². The summed E-state index contributed by atoms with van der Waals surface area (Å²) < 4.78 is 32.8. The minimum atomic E-state index is -2.66. The van der Waals surface area contributed by atoms with Gasteiger partial charge < -0.3 is 19.5 Å². The molecule has 0 unspecified atom stereocenters.